The summed E-state index contributed by atoms with van der Waals surface area (Å²) in [7, 11) is 0. The molecule has 3 rings (SSSR count). The van der Waals surface area contributed by atoms with Crippen molar-refractivity contribution < 1.29 is 9.59 Å². The van der Waals surface area contributed by atoms with Crippen molar-refractivity contribution in [2.45, 2.75) is 57.0 Å². The van der Waals surface area contributed by atoms with E-state index in [0.29, 0.717) is 19.4 Å². The van der Waals surface area contributed by atoms with Crippen molar-refractivity contribution in [2.24, 2.45) is 0 Å². The number of benzene rings is 1. The Hall–Kier alpha value is -2.89. The molecule has 1 aromatic carbocycles. The molecule has 0 aliphatic heterocycles. The van der Waals surface area contributed by atoms with E-state index in [2.05, 4.69) is 20.9 Å². The third-order valence-corrected chi connectivity index (χ3v) is 5.23. The minimum Gasteiger partial charge on any atom is -0.344 e. The predicted molar refractivity (Wildman–Crippen MR) is 113 cm³/mol. The highest BCUT2D eigenvalue weighted by Gasteiger charge is 2.18. The van der Waals surface area contributed by atoms with E-state index < -0.39 is 0 Å². The second-order valence-electron chi connectivity index (χ2n) is 7.50. The van der Waals surface area contributed by atoms with E-state index in [1.807, 2.05) is 48.5 Å². The van der Waals surface area contributed by atoms with E-state index in [4.69, 9.17) is 0 Å². The molecule has 0 saturated heterocycles. The Morgan fingerprint density at radius 3 is 2.48 bits per heavy atom. The summed E-state index contributed by atoms with van der Waals surface area (Å²) in [6, 6.07) is 15.4. The van der Waals surface area contributed by atoms with Crippen LogP contribution in [0.5, 0.6) is 0 Å². The molecule has 1 saturated carbocycles. The number of rotatable bonds is 8. The molecular weight excluding hydrogens is 364 g/mol. The topological polar surface area (TPSA) is 83.1 Å². The Morgan fingerprint density at radius 2 is 1.76 bits per heavy atom. The molecule has 29 heavy (non-hydrogen) atoms. The number of nitrogens with zero attached hydrogens (tertiary/aromatic N) is 1. The molecule has 3 amide bonds. The molecular formula is C23H30N4O2. The van der Waals surface area contributed by atoms with Gasteiger partial charge in [0.25, 0.3) is 0 Å². The van der Waals surface area contributed by atoms with E-state index in [-0.39, 0.29) is 24.0 Å². The summed E-state index contributed by atoms with van der Waals surface area (Å²) in [6.45, 7) is 0.478. The van der Waals surface area contributed by atoms with E-state index in [1.54, 1.807) is 6.20 Å². The van der Waals surface area contributed by atoms with Gasteiger partial charge in [0.05, 0.1) is 11.7 Å². The molecule has 1 atom stereocenters. The van der Waals surface area contributed by atoms with Crippen LogP contribution in [0.15, 0.2) is 54.7 Å². The van der Waals surface area contributed by atoms with Crippen LogP contribution < -0.4 is 16.0 Å². The molecule has 1 heterocycles. The molecule has 1 aliphatic rings. The molecule has 1 aromatic heterocycles. The molecule has 154 valence electrons. The van der Waals surface area contributed by atoms with Crippen LogP contribution >= 0.6 is 0 Å². The van der Waals surface area contributed by atoms with Crippen molar-refractivity contribution >= 4 is 11.9 Å². The van der Waals surface area contributed by atoms with E-state index in [0.717, 1.165) is 24.1 Å². The van der Waals surface area contributed by atoms with Crippen LogP contribution in [0.4, 0.5) is 4.79 Å². The molecule has 3 N–H and O–H groups in total. The molecule has 1 aliphatic carbocycles. The third-order valence-electron chi connectivity index (χ3n) is 5.23. The van der Waals surface area contributed by atoms with Crippen molar-refractivity contribution in [2.75, 3.05) is 6.54 Å². The van der Waals surface area contributed by atoms with Crippen LogP contribution in [0, 0.1) is 0 Å². The molecule has 0 bridgehead atoms. The van der Waals surface area contributed by atoms with Gasteiger partial charge in [0.2, 0.25) is 5.91 Å². The monoisotopic (exact) mass is 394 g/mol. The number of pyridine rings is 1. The standard InChI is InChI=1S/C23H30N4O2/c28-21(15-9-17-25-23(29)26-19-12-5-2-6-13-19)27-22(18-10-3-1-4-11-18)20-14-7-8-16-24-20/h1,3-4,7-8,10-11,14,16,19,22H,2,5-6,9,12-13,15,17H2,(H,27,28)(H2,25,26,29). The molecule has 1 fully saturated rings. The average molecular weight is 395 g/mol. The maximum Gasteiger partial charge on any atom is 0.315 e. The van der Waals surface area contributed by atoms with Crippen molar-refractivity contribution in [1.29, 1.82) is 0 Å². The summed E-state index contributed by atoms with van der Waals surface area (Å²) in [5.74, 6) is -0.0565. The zero-order chi connectivity index (χ0) is 20.3. The summed E-state index contributed by atoms with van der Waals surface area (Å²) in [4.78, 5) is 28.9. The van der Waals surface area contributed by atoms with Gasteiger partial charge >= 0.3 is 6.03 Å². The van der Waals surface area contributed by atoms with Gasteiger partial charge in [-0.25, -0.2) is 4.79 Å². The second-order valence-corrected chi connectivity index (χ2v) is 7.50. The van der Waals surface area contributed by atoms with Crippen LogP contribution in [-0.4, -0.2) is 29.5 Å². The second kappa shape index (κ2) is 11.2. The first kappa shape index (κ1) is 20.8. The van der Waals surface area contributed by atoms with Crippen LogP contribution in [0.3, 0.4) is 0 Å². The number of aromatic nitrogens is 1. The summed E-state index contributed by atoms with van der Waals surface area (Å²) < 4.78 is 0. The first-order valence-corrected chi connectivity index (χ1v) is 10.5. The summed E-state index contributed by atoms with van der Waals surface area (Å²) in [5.41, 5.74) is 1.79. The number of carbonyl (C=O) groups is 2. The lowest BCUT2D eigenvalue weighted by atomic mass is 9.96. The first-order valence-electron chi connectivity index (χ1n) is 10.5. The predicted octanol–water partition coefficient (Wildman–Crippen LogP) is 3.70. The van der Waals surface area contributed by atoms with Gasteiger partial charge in [-0.1, -0.05) is 55.7 Å². The Bertz CT molecular complexity index is 721. The number of hydrogen-bond donors (Lipinski definition) is 3. The van der Waals surface area contributed by atoms with Crippen LogP contribution in [0.2, 0.25) is 0 Å². The van der Waals surface area contributed by atoms with Crippen molar-refractivity contribution in [3.63, 3.8) is 0 Å². The SMILES string of the molecule is O=C(CCCNC(=O)NC1CCCCC1)NC(c1ccccc1)c1ccccn1. The number of amides is 3. The van der Waals surface area contributed by atoms with Crippen molar-refractivity contribution in [1.82, 2.24) is 20.9 Å². The lowest BCUT2D eigenvalue weighted by Crippen LogP contribution is -2.43. The van der Waals surface area contributed by atoms with Crippen LogP contribution in [0.25, 0.3) is 0 Å². The van der Waals surface area contributed by atoms with Crippen molar-refractivity contribution in [3.8, 4) is 0 Å². The highest BCUT2D eigenvalue weighted by molar-refractivity contribution is 5.77. The van der Waals surface area contributed by atoms with Gasteiger partial charge in [-0.05, 0) is 37.0 Å². The van der Waals surface area contributed by atoms with E-state index in [9.17, 15) is 9.59 Å². The van der Waals surface area contributed by atoms with Gasteiger partial charge in [0.15, 0.2) is 0 Å². The maximum absolute atomic E-state index is 12.5. The number of nitrogens with one attached hydrogen (secondary N) is 3. The number of hydrogen-bond acceptors (Lipinski definition) is 3. The molecule has 1 unspecified atom stereocenters. The summed E-state index contributed by atoms with van der Waals surface area (Å²) in [6.07, 6.45) is 8.42. The lowest BCUT2D eigenvalue weighted by molar-refractivity contribution is -0.121. The summed E-state index contributed by atoms with van der Waals surface area (Å²) in [5, 5.41) is 8.96. The van der Waals surface area contributed by atoms with E-state index >= 15 is 0 Å². The fourth-order valence-electron chi connectivity index (χ4n) is 3.69. The first-order chi connectivity index (χ1) is 14.2. The molecule has 6 nitrogen and oxygen atoms in total. The smallest absolute Gasteiger partial charge is 0.315 e. The molecule has 0 spiro atoms. The number of carbonyl (C=O) groups excluding carboxylic acids is 2. The fourth-order valence-corrected chi connectivity index (χ4v) is 3.69. The third kappa shape index (κ3) is 6.89. The van der Waals surface area contributed by atoms with Gasteiger partial charge in [0, 0.05) is 25.2 Å². The number of urea groups is 1. The lowest BCUT2D eigenvalue weighted by Gasteiger charge is -2.22. The average Bonchev–Trinajstić information content (AvgIpc) is 2.77. The van der Waals surface area contributed by atoms with Crippen molar-refractivity contribution in [3.05, 3.63) is 66.0 Å². The highest BCUT2D eigenvalue weighted by Crippen LogP contribution is 2.20. The minimum atomic E-state index is -0.285. The van der Waals surface area contributed by atoms with Gasteiger partial charge in [0.1, 0.15) is 0 Å². The van der Waals surface area contributed by atoms with Gasteiger partial charge in [-0.2, -0.15) is 0 Å². The Balaban J connectivity index is 1.44. The normalized spacial score (nSPS) is 15.3. The molecule has 6 heteroatoms. The maximum atomic E-state index is 12.5. The van der Waals surface area contributed by atoms with Gasteiger partial charge in [-0.3, -0.25) is 9.78 Å². The Morgan fingerprint density at radius 1 is 1.00 bits per heavy atom. The van der Waals surface area contributed by atoms with Gasteiger partial charge < -0.3 is 16.0 Å². The molecule has 0 radical (unpaired) electrons. The molecule has 2 aromatic rings. The largest absolute Gasteiger partial charge is 0.344 e. The highest BCUT2D eigenvalue weighted by atomic mass is 16.2. The van der Waals surface area contributed by atoms with Gasteiger partial charge in [-0.15, -0.1) is 0 Å². The Labute approximate surface area is 172 Å². The fraction of sp³-hybridized carbons (Fsp3) is 0.435. The quantitative estimate of drug-likeness (QED) is 0.597. The van der Waals surface area contributed by atoms with E-state index in [1.165, 1.54) is 19.3 Å². The summed E-state index contributed by atoms with van der Waals surface area (Å²) >= 11 is 0. The van der Waals surface area contributed by atoms with Crippen LogP contribution in [-0.2, 0) is 4.79 Å². The zero-order valence-electron chi connectivity index (χ0n) is 16.8. The zero-order valence-corrected chi connectivity index (χ0v) is 16.8. The minimum absolute atomic E-state index is 0.0565. The Kier molecular flexibility index (Phi) is 8.04. The van der Waals surface area contributed by atoms with Crippen LogP contribution in [0.1, 0.15) is 62.2 Å².